The van der Waals surface area contributed by atoms with Gasteiger partial charge in [-0.3, -0.25) is 4.79 Å². The van der Waals surface area contributed by atoms with Crippen molar-refractivity contribution in [3.8, 4) is 5.75 Å². The Labute approximate surface area is 172 Å². The van der Waals surface area contributed by atoms with Crippen LogP contribution in [0.5, 0.6) is 5.75 Å². The number of hydrogen-bond donors (Lipinski definition) is 1. The van der Waals surface area contributed by atoms with Crippen molar-refractivity contribution in [1.29, 1.82) is 0 Å². The highest BCUT2D eigenvalue weighted by atomic mass is 16.5. The zero-order valence-corrected chi connectivity index (χ0v) is 16.7. The molecule has 1 N–H and O–H groups in total. The lowest BCUT2D eigenvalue weighted by atomic mass is 10.1. The first-order valence-electron chi connectivity index (χ1n) is 8.90. The minimum atomic E-state index is -0.745. The van der Waals surface area contributed by atoms with Gasteiger partial charge in [0, 0.05) is 0 Å². The Morgan fingerprint density at radius 3 is 2.23 bits per heavy atom. The van der Waals surface area contributed by atoms with E-state index in [4.69, 9.17) is 9.47 Å². The van der Waals surface area contributed by atoms with Crippen LogP contribution in [-0.2, 0) is 19.0 Å². The summed E-state index contributed by atoms with van der Waals surface area (Å²) in [5, 5.41) is 2.44. The van der Waals surface area contributed by atoms with Crippen LogP contribution in [0.15, 0.2) is 42.5 Å². The van der Waals surface area contributed by atoms with Gasteiger partial charge in [0.2, 0.25) is 0 Å². The highest BCUT2D eigenvalue weighted by Crippen LogP contribution is 2.21. The molecule has 0 radical (unpaired) electrons. The number of carbonyl (C=O) groups excluding carboxylic acids is 4. The Hall–Kier alpha value is -3.88. The van der Waals surface area contributed by atoms with E-state index in [9.17, 15) is 19.2 Å². The third kappa shape index (κ3) is 5.57. The Balaban J connectivity index is 2.13. The number of hydrogen-bond acceptors (Lipinski definition) is 8. The van der Waals surface area contributed by atoms with E-state index >= 15 is 0 Å². The van der Waals surface area contributed by atoms with Crippen LogP contribution >= 0.6 is 0 Å². The van der Waals surface area contributed by atoms with E-state index in [-0.39, 0.29) is 22.4 Å². The maximum absolute atomic E-state index is 12.3. The SMILES string of the molecule is CCOc1ccccc1C(=O)OCC(=O)Nc1cc(C(=O)OC)ccc1C(=O)OC. The van der Waals surface area contributed by atoms with Crippen molar-refractivity contribution in [3.63, 3.8) is 0 Å². The van der Waals surface area contributed by atoms with Crippen LogP contribution in [0.1, 0.15) is 38.0 Å². The standard InChI is InChI=1S/C21H21NO8/c1-4-29-17-8-6-5-7-15(17)21(26)30-12-18(23)22-16-11-13(19(24)27-2)9-10-14(16)20(25)28-3/h5-11H,4,12H2,1-3H3,(H,22,23). The predicted octanol–water partition coefficient (Wildman–Crippen LogP) is 2.45. The highest BCUT2D eigenvalue weighted by molar-refractivity contribution is 6.04. The zero-order valence-electron chi connectivity index (χ0n) is 16.7. The number of amides is 1. The second-order valence-electron chi connectivity index (χ2n) is 5.80. The van der Waals surface area contributed by atoms with E-state index in [1.54, 1.807) is 25.1 Å². The minimum absolute atomic E-state index is 0.0144. The summed E-state index contributed by atoms with van der Waals surface area (Å²) < 4.78 is 19.7. The van der Waals surface area contributed by atoms with Crippen LogP contribution in [0, 0.1) is 0 Å². The Morgan fingerprint density at radius 2 is 1.57 bits per heavy atom. The van der Waals surface area contributed by atoms with Gasteiger partial charge < -0.3 is 24.3 Å². The van der Waals surface area contributed by atoms with Gasteiger partial charge in [-0.25, -0.2) is 14.4 Å². The molecule has 9 heteroatoms. The molecule has 0 unspecified atom stereocenters. The number of para-hydroxylation sites is 1. The van der Waals surface area contributed by atoms with Gasteiger partial charge in [-0.2, -0.15) is 0 Å². The number of esters is 3. The third-order valence-corrected chi connectivity index (χ3v) is 3.86. The molecule has 0 aliphatic carbocycles. The van der Waals surface area contributed by atoms with Crippen molar-refractivity contribution in [2.45, 2.75) is 6.92 Å². The van der Waals surface area contributed by atoms with E-state index in [0.717, 1.165) is 0 Å². The Bertz CT molecular complexity index is 954. The van der Waals surface area contributed by atoms with Crippen LogP contribution in [0.3, 0.4) is 0 Å². The molecular weight excluding hydrogens is 394 g/mol. The van der Waals surface area contributed by atoms with Gasteiger partial charge in [-0.15, -0.1) is 0 Å². The fourth-order valence-corrected chi connectivity index (χ4v) is 2.49. The molecule has 0 saturated heterocycles. The summed E-state index contributed by atoms with van der Waals surface area (Å²) in [5.74, 6) is -2.50. The molecule has 0 atom stereocenters. The fourth-order valence-electron chi connectivity index (χ4n) is 2.49. The van der Waals surface area contributed by atoms with Crippen molar-refractivity contribution in [2.24, 2.45) is 0 Å². The first-order chi connectivity index (χ1) is 14.4. The molecule has 0 aliphatic heterocycles. The van der Waals surface area contributed by atoms with Crippen LogP contribution in [0.25, 0.3) is 0 Å². The molecule has 2 rings (SSSR count). The molecule has 1 amide bonds. The maximum Gasteiger partial charge on any atom is 0.342 e. The normalized spacial score (nSPS) is 9.97. The molecule has 0 fully saturated rings. The number of anilines is 1. The molecule has 0 saturated carbocycles. The van der Waals surface area contributed by atoms with E-state index in [2.05, 4.69) is 14.8 Å². The van der Waals surface area contributed by atoms with Crippen LogP contribution in [0.2, 0.25) is 0 Å². The third-order valence-electron chi connectivity index (χ3n) is 3.86. The summed E-state index contributed by atoms with van der Waals surface area (Å²) >= 11 is 0. The van der Waals surface area contributed by atoms with Gasteiger partial charge in [0.1, 0.15) is 11.3 Å². The number of rotatable bonds is 8. The van der Waals surface area contributed by atoms with Crippen molar-refractivity contribution in [3.05, 3.63) is 59.2 Å². The monoisotopic (exact) mass is 415 g/mol. The molecule has 0 aromatic heterocycles. The second-order valence-corrected chi connectivity index (χ2v) is 5.80. The number of methoxy groups -OCH3 is 2. The van der Waals surface area contributed by atoms with Gasteiger partial charge in [-0.05, 0) is 37.3 Å². The average Bonchev–Trinajstić information content (AvgIpc) is 2.77. The molecule has 0 spiro atoms. The van der Waals surface area contributed by atoms with Crippen molar-refractivity contribution in [2.75, 3.05) is 32.8 Å². The van der Waals surface area contributed by atoms with Gasteiger partial charge in [-0.1, -0.05) is 12.1 Å². The summed E-state index contributed by atoms with van der Waals surface area (Å²) in [6.07, 6.45) is 0. The van der Waals surface area contributed by atoms with E-state index in [1.165, 1.54) is 38.5 Å². The largest absolute Gasteiger partial charge is 0.493 e. The topological polar surface area (TPSA) is 117 Å². The molecule has 9 nitrogen and oxygen atoms in total. The molecule has 0 bridgehead atoms. The molecule has 30 heavy (non-hydrogen) atoms. The quantitative estimate of drug-likeness (QED) is 0.516. The van der Waals surface area contributed by atoms with Gasteiger partial charge >= 0.3 is 17.9 Å². The lowest BCUT2D eigenvalue weighted by Crippen LogP contribution is -2.23. The van der Waals surface area contributed by atoms with Gasteiger partial charge in [0.25, 0.3) is 5.91 Å². The van der Waals surface area contributed by atoms with Crippen molar-refractivity contribution < 1.29 is 38.1 Å². The van der Waals surface area contributed by atoms with Crippen LogP contribution in [-0.4, -0.2) is 51.2 Å². The number of benzene rings is 2. The molecule has 2 aromatic rings. The van der Waals surface area contributed by atoms with E-state index < -0.39 is 30.4 Å². The van der Waals surface area contributed by atoms with E-state index in [1.807, 2.05) is 0 Å². The summed E-state index contributed by atoms with van der Waals surface area (Å²) in [6, 6.07) is 10.4. The molecule has 0 heterocycles. The molecular formula is C21H21NO8. The average molecular weight is 415 g/mol. The minimum Gasteiger partial charge on any atom is -0.493 e. The number of nitrogens with one attached hydrogen (secondary N) is 1. The zero-order chi connectivity index (χ0) is 22.1. The smallest absolute Gasteiger partial charge is 0.342 e. The lowest BCUT2D eigenvalue weighted by molar-refractivity contribution is -0.119. The van der Waals surface area contributed by atoms with Crippen LogP contribution < -0.4 is 10.1 Å². The summed E-state index contributed by atoms with van der Waals surface area (Å²) in [6.45, 7) is 1.51. The van der Waals surface area contributed by atoms with Crippen molar-refractivity contribution >= 4 is 29.5 Å². The highest BCUT2D eigenvalue weighted by Gasteiger charge is 2.19. The Morgan fingerprint density at radius 1 is 0.867 bits per heavy atom. The maximum atomic E-state index is 12.3. The fraction of sp³-hybridized carbons (Fsp3) is 0.238. The summed E-state index contributed by atoms with van der Waals surface area (Å²) in [7, 11) is 2.38. The number of carbonyl (C=O) groups is 4. The lowest BCUT2D eigenvalue weighted by Gasteiger charge is -2.12. The molecule has 2 aromatic carbocycles. The van der Waals surface area contributed by atoms with Crippen LogP contribution in [0.4, 0.5) is 5.69 Å². The molecule has 158 valence electrons. The van der Waals surface area contributed by atoms with E-state index in [0.29, 0.717) is 12.4 Å². The summed E-state index contributed by atoms with van der Waals surface area (Å²) in [5.41, 5.74) is 0.324. The van der Waals surface area contributed by atoms with Gasteiger partial charge in [0.15, 0.2) is 6.61 Å². The molecule has 0 aliphatic rings. The van der Waals surface area contributed by atoms with Crippen molar-refractivity contribution in [1.82, 2.24) is 0 Å². The van der Waals surface area contributed by atoms with Gasteiger partial charge in [0.05, 0.1) is 37.6 Å². The summed E-state index contributed by atoms with van der Waals surface area (Å²) in [4.78, 5) is 48.2. The number of ether oxygens (including phenoxy) is 4. The first kappa shape index (κ1) is 22.4. The predicted molar refractivity (Wildman–Crippen MR) is 106 cm³/mol. The first-order valence-corrected chi connectivity index (χ1v) is 8.90. The second kappa shape index (κ2) is 10.6. The Kier molecular flexibility index (Phi) is 7.92.